The molecule has 0 bridgehead atoms. The predicted molar refractivity (Wildman–Crippen MR) is 93.7 cm³/mol. The number of nitrogens with one attached hydrogen (secondary N) is 2. The lowest BCUT2D eigenvalue weighted by Crippen LogP contribution is -2.38. The summed E-state index contributed by atoms with van der Waals surface area (Å²) >= 11 is 0. The van der Waals surface area contributed by atoms with Crippen molar-refractivity contribution in [1.82, 2.24) is 10.6 Å². The van der Waals surface area contributed by atoms with E-state index in [1.54, 1.807) is 19.2 Å². The number of hydrogen-bond donors (Lipinski definition) is 2. The summed E-state index contributed by atoms with van der Waals surface area (Å²) in [6.45, 7) is 2.42. The normalized spacial score (nSPS) is 16.4. The van der Waals surface area contributed by atoms with E-state index in [-0.39, 0.29) is 24.0 Å². The second-order valence-electron chi connectivity index (χ2n) is 6.29. The van der Waals surface area contributed by atoms with Crippen molar-refractivity contribution in [3.8, 4) is 0 Å². The minimum atomic E-state index is -0.377. The molecule has 1 aromatic carbocycles. The van der Waals surface area contributed by atoms with E-state index in [1.165, 1.54) is 19.3 Å². The zero-order valence-electron chi connectivity index (χ0n) is 14.6. The number of carbonyl (C=O) groups is 2. The molecule has 0 aliphatic heterocycles. The van der Waals surface area contributed by atoms with Crippen molar-refractivity contribution in [3.63, 3.8) is 0 Å². The molecular formula is C19H28N2O3. The maximum absolute atomic E-state index is 12.3. The van der Waals surface area contributed by atoms with Crippen LogP contribution in [-0.4, -0.2) is 31.1 Å². The lowest BCUT2D eigenvalue weighted by molar-refractivity contribution is -0.138. The van der Waals surface area contributed by atoms with Crippen molar-refractivity contribution in [2.75, 3.05) is 7.05 Å². The Hall–Kier alpha value is -1.88. The van der Waals surface area contributed by atoms with Gasteiger partial charge in [0.2, 0.25) is 5.91 Å². The Kier molecular flexibility index (Phi) is 7.25. The molecule has 1 saturated carbocycles. The third-order valence-electron chi connectivity index (χ3n) is 4.48. The van der Waals surface area contributed by atoms with E-state index in [4.69, 9.17) is 4.74 Å². The van der Waals surface area contributed by atoms with Crippen molar-refractivity contribution in [2.45, 2.75) is 64.2 Å². The maximum Gasteiger partial charge on any atom is 0.251 e. The molecule has 1 aliphatic carbocycles. The number of amides is 2. The summed E-state index contributed by atoms with van der Waals surface area (Å²) in [6.07, 6.45) is 6.31. The highest BCUT2D eigenvalue weighted by atomic mass is 16.5. The molecule has 0 saturated heterocycles. The zero-order chi connectivity index (χ0) is 17.4. The fourth-order valence-corrected chi connectivity index (χ4v) is 3.00. The molecule has 24 heavy (non-hydrogen) atoms. The van der Waals surface area contributed by atoms with Gasteiger partial charge in [0.25, 0.3) is 5.91 Å². The third-order valence-corrected chi connectivity index (χ3v) is 4.48. The van der Waals surface area contributed by atoms with Crippen molar-refractivity contribution in [3.05, 3.63) is 35.4 Å². The average molecular weight is 332 g/mol. The standard InChI is InChI=1S/C19H28N2O3/c1-3-17(24-16-7-5-4-6-8-16)19(23)21-13-14-9-11-15(12-10-14)18(22)20-2/h9-12,16-17H,3-8,13H2,1-2H3,(H,20,22)(H,21,23)/t17-/m1/s1. The highest BCUT2D eigenvalue weighted by molar-refractivity contribution is 5.93. The Balaban J connectivity index is 1.82. The van der Waals surface area contributed by atoms with Crippen molar-refractivity contribution in [2.24, 2.45) is 0 Å². The van der Waals surface area contributed by atoms with Gasteiger partial charge in [-0.3, -0.25) is 9.59 Å². The number of rotatable bonds is 7. The molecule has 0 spiro atoms. The Morgan fingerprint density at radius 3 is 2.42 bits per heavy atom. The molecule has 0 radical (unpaired) electrons. The Labute approximate surface area is 144 Å². The van der Waals surface area contributed by atoms with Crippen LogP contribution < -0.4 is 10.6 Å². The molecular weight excluding hydrogens is 304 g/mol. The zero-order valence-corrected chi connectivity index (χ0v) is 14.6. The van der Waals surface area contributed by atoms with E-state index < -0.39 is 0 Å². The van der Waals surface area contributed by atoms with E-state index in [9.17, 15) is 9.59 Å². The molecule has 5 heteroatoms. The quantitative estimate of drug-likeness (QED) is 0.807. The molecule has 132 valence electrons. The van der Waals surface area contributed by atoms with E-state index in [2.05, 4.69) is 10.6 Å². The molecule has 1 aromatic rings. The van der Waals surface area contributed by atoms with Gasteiger partial charge in [0.1, 0.15) is 6.10 Å². The number of ether oxygens (including phenoxy) is 1. The molecule has 2 N–H and O–H groups in total. The topological polar surface area (TPSA) is 67.4 Å². The van der Waals surface area contributed by atoms with Crippen LogP contribution in [0.4, 0.5) is 0 Å². The highest BCUT2D eigenvalue weighted by Gasteiger charge is 2.23. The van der Waals surface area contributed by atoms with Gasteiger partial charge in [0.05, 0.1) is 6.10 Å². The van der Waals surface area contributed by atoms with Crippen LogP contribution in [0.5, 0.6) is 0 Å². The maximum atomic E-state index is 12.3. The lowest BCUT2D eigenvalue weighted by atomic mass is 9.97. The highest BCUT2D eigenvalue weighted by Crippen LogP contribution is 2.22. The van der Waals surface area contributed by atoms with E-state index >= 15 is 0 Å². The van der Waals surface area contributed by atoms with E-state index in [0.717, 1.165) is 18.4 Å². The smallest absolute Gasteiger partial charge is 0.251 e. The third kappa shape index (κ3) is 5.34. The summed E-state index contributed by atoms with van der Waals surface area (Å²) in [5, 5.41) is 5.52. The average Bonchev–Trinajstić information content (AvgIpc) is 2.64. The van der Waals surface area contributed by atoms with Gasteiger partial charge in [0.15, 0.2) is 0 Å². The van der Waals surface area contributed by atoms with Crippen LogP contribution in [0.25, 0.3) is 0 Å². The van der Waals surface area contributed by atoms with Gasteiger partial charge in [-0.05, 0) is 37.0 Å². The van der Waals surface area contributed by atoms with Crippen molar-refractivity contribution >= 4 is 11.8 Å². The first-order valence-electron chi connectivity index (χ1n) is 8.88. The van der Waals surface area contributed by atoms with Crippen LogP contribution in [0.1, 0.15) is 61.4 Å². The molecule has 5 nitrogen and oxygen atoms in total. The van der Waals surface area contributed by atoms with Crippen molar-refractivity contribution < 1.29 is 14.3 Å². The molecule has 1 atom stereocenters. The van der Waals surface area contributed by atoms with Crippen LogP contribution in [0.3, 0.4) is 0 Å². The van der Waals surface area contributed by atoms with Gasteiger partial charge in [-0.25, -0.2) is 0 Å². The first kappa shape index (κ1) is 18.5. The van der Waals surface area contributed by atoms with Crippen LogP contribution in [0, 0.1) is 0 Å². The monoisotopic (exact) mass is 332 g/mol. The van der Waals surface area contributed by atoms with Gasteiger partial charge < -0.3 is 15.4 Å². The van der Waals surface area contributed by atoms with Crippen LogP contribution in [0.15, 0.2) is 24.3 Å². The van der Waals surface area contributed by atoms with Gasteiger partial charge in [-0.1, -0.05) is 38.3 Å². The van der Waals surface area contributed by atoms with Gasteiger partial charge >= 0.3 is 0 Å². The van der Waals surface area contributed by atoms with Gasteiger partial charge in [0, 0.05) is 19.2 Å². The second kappa shape index (κ2) is 9.42. The first-order valence-corrected chi connectivity index (χ1v) is 8.88. The fourth-order valence-electron chi connectivity index (χ4n) is 3.00. The summed E-state index contributed by atoms with van der Waals surface area (Å²) in [5.41, 5.74) is 1.57. The molecule has 2 amide bonds. The fraction of sp³-hybridized carbons (Fsp3) is 0.579. The van der Waals surface area contributed by atoms with Crippen LogP contribution in [0.2, 0.25) is 0 Å². The minimum Gasteiger partial charge on any atom is -0.365 e. The Morgan fingerprint density at radius 2 is 1.83 bits per heavy atom. The summed E-state index contributed by atoms with van der Waals surface area (Å²) < 4.78 is 5.99. The molecule has 1 fully saturated rings. The van der Waals surface area contributed by atoms with Crippen molar-refractivity contribution in [1.29, 1.82) is 0 Å². The molecule has 0 heterocycles. The Morgan fingerprint density at radius 1 is 1.17 bits per heavy atom. The molecule has 0 unspecified atom stereocenters. The molecule has 1 aliphatic rings. The number of hydrogen-bond acceptors (Lipinski definition) is 3. The van der Waals surface area contributed by atoms with E-state index in [0.29, 0.717) is 18.5 Å². The van der Waals surface area contributed by atoms with Gasteiger partial charge in [-0.2, -0.15) is 0 Å². The summed E-state index contributed by atoms with van der Waals surface area (Å²) in [6, 6.07) is 7.23. The summed E-state index contributed by atoms with van der Waals surface area (Å²) in [4.78, 5) is 23.9. The van der Waals surface area contributed by atoms with Crippen LogP contribution in [-0.2, 0) is 16.1 Å². The number of benzene rings is 1. The first-order chi connectivity index (χ1) is 11.6. The largest absolute Gasteiger partial charge is 0.365 e. The van der Waals surface area contributed by atoms with Crippen LogP contribution >= 0.6 is 0 Å². The molecule has 2 rings (SSSR count). The predicted octanol–water partition coefficient (Wildman–Crippen LogP) is 2.79. The molecule has 0 aromatic heterocycles. The number of carbonyl (C=O) groups excluding carboxylic acids is 2. The lowest BCUT2D eigenvalue weighted by Gasteiger charge is -2.26. The second-order valence-corrected chi connectivity index (χ2v) is 6.29. The Bertz CT molecular complexity index is 536. The van der Waals surface area contributed by atoms with Gasteiger partial charge in [-0.15, -0.1) is 0 Å². The minimum absolute atomic E-state index is 0.0570. The summed E-state index contributed by atoms with van der Waals surface area (Å²) in [7, 11) is 1.60. The van der Waals surface area contributed by atoms with E-state index in [1.807, 2.05) is 19.1 Å². The SMILES string of the molecule is CC[C@@H](OC1CCCCC1)C(=O)NCc1ccc(C(=O)NC)cc1. The summed E-state index contributed by atoms with van der Waals surface area (Å²) in [5.74, 6) is -0.170.